The van der Waals surface area contributed by atoms with Crippen molar-refractivity contribution in [2.45, 2.75) is 33.2 Å². The Balaban J connectivity index is 1.78. The first-order valence-electron chi connectivity index (χ1n) is 6.85. The number of nitrogens with zero attached hydrogens (tertiary/aromatic N) is 3. The number of carboxylic acids is 1. The highest BCUT2D eigenvalue weighted by Gasteiger charge is 2.05. The summed E-state index contributed by atoms with van der Waals surface area (Å²) in [4.78, 5) is 10.6. The van der Waals surface area contributed by atoms with Gasteiger partial charge >= 0.3 is 5.97 Å². The smallest absolute Gasteiger partial charge is 0.309 e. The van der Waals surface area contributed by atoms with Crippen molar-refractivity contribution in [1.29, 1.82) is 0 Å². The Kier molecular flexibility index (Phi) is 4.92. The fourth-order valence-electron chi connectivity index (χ4n) is 1.96. The predicted octanol–water partition coefficient (Wildman–Crippen LogP) is 1.99. The van der Waals surface area contributed by atoms with Crippen LogP contribution in [0.15, 0.2) is 24.4 Å². The van der Waals surface area contributed by atoms with Gasteiger partial charge < -0.3 is 9.84 Å². The van der Waals surface area contributed by atoms with E-state index in [0.717, 1.165) is 17.7 Å². The van der Waals surface area contributed by atoms with Crippen molar-refractivity contribution >= 4 is 5.97 Å². The molecule has 0 aliphatic heterocycles. The number of aryl methyl sites for hydroxylation is 3. The van der Waals surface area contributed by atoms with E-state index in [4.69, 9.17) is 9.84 Å². The van der Waals surface area contributed by atoms with E-state index < -0.39 is 5.97 Å². The van der Waals surface area contributed by atoms with Crippen molar-refractivity contribution in [3.63, 3.8) is 0 Å². The third kappa shape index (κ3) is 4.59. The lowest BCUT2D eigenvalue weighted by Gasteiger charge is -2.09. The highest BCUT2D eigenvalue weighted by molar-refractivity contribution is 5.69. The van der Waals surface area contributed by atoms with Gasteiger partial charge in [-0.2, -0.15) is 0 Å². The third-order valence-corrected chi connectivity index (χ3v) is 3.05. The first kappa shape index (κ1) is 15.0. The summed E-state index contributed by atoms with van der Waals surface area (Å²) in [6.07, 6.45) is 2.34. The van der Waals surface area contributed by atoms with E-state index in [1.807, 2.05) is 26.0 Å². The molecule has 0 bridgehead atoms. The van der Waals surface area contributed by atoms with Crippen LogP contribution in [0.2, 0.25) is 0 Å². The molecule has 0 radical (unpaired) electrons. The second-order valence-electron chi connectivity index (χ2n) is 5.01. The number of rotatable bonds is 7. The molecule has 1 aromatic heterocycles. The Labute approximate surface area is 123 Å². The van der Waals surface area contributed by atoms with E-state index >= 15 is 0 Å². The molecular formula is C15H19N3O3. The number of benzene rings is 1. The van der Waals surface area contributed by atoms with Crippen molar-refractivity contribution in [3.05, 3.63) is 41.2 Å². The Morgan fingerprint density at radius 1 is 1.38 bits per heavy atom. The predicted molar refractivity (Wildman–Crippen MR) is 77.4 cm³/mol. The van der Waals surface area contributed by atoms with Gasteiger partial charge in [0.05, 0.1) is 18.7 Å². The number of ether oxygens (including phenoxy) is 1. The van der Waals surface area contributed by atoms with Crippen LogP contribution >= 0.6 is 0 Å². The molecule has 0 unspecified atom stereocenters. The van der Waals surface area contributed by atoms with E-state index in [1.165, 1.54) is 5.56 Å². The average molecular weight is 289 g/mol. The van der Waals surface area contributed by atoms with Crippen molar-refractivity contribution < 1.29 is 14.6 Å². The molecule has 0 spiro atoms. The minimum atomic E-state index is -0.902. The zero-order valence-corrected chi connectivity index (χ0v) is 12.2. The van der Waals surface area contributed by atoms with Gasteiger partial charge in [-0.25, -0.2) is 0 Å². The minimum Gasteiger partial charge on any atom is -0.493 e. The summed E-state index contributed by atoms with van der Waals surface area (Å²) in [6, 6.07) is 6.12. The zero-order valence-electron chi connectivity index (χ0n) is 12.2. The highest BCUT2D eigenvalue weighted by atomic mass is 16.5. The quantitative estimate of drug-likeness (QED) is 0.789. The molecule has 2 aromatic rings. The number of carboxylic acid groups (broad SMARTS) is 1. The van der Waals surface area contributed by atoms with Gasteiger partial charge in [-0.1, -0.05) is 17.3 Å². The topological polar surface area (TPSA) is 77.2 Å². The molecule has 0 amide bonds. The van der Waals surface area contributed by atoms with E-state index in [2.05, 4.69) is 16.4 Å². The summed E-state index contributed by atoms with van der Waals surface area (Å²) in [5.74, 6) is 0.000428. The van der Waals surface area contributed by atoms with Gasteiger partial charge in [0.2, 0.25) is 0 Å². The van der Waals surface area contributed by atoms with Gasteiger partial charge in [0.1, 0.15) is 5.75 Å². The highest BCUT2D eigenvalue weighted by Crippen LogP contribution is 2.19. The summed E-state index contributed by atoms with van der Waals surface area (Å²) in [5, 5.41) is 16.4. The van der Waals surface area contributed by atoms with Crippen LogP contribution in [0.25, 0.3) is 0 Å². The number of hydrogen-bond donors (Lipinski definition) is 1. The van der Waals surface area contributed by atoms with Crippen molar-refractivity contribution in [3.8, 4) is 5.75 Å². The van der Waals surface area contributed by atoms with Crippen LogP contribution < -0.4 is 4.74 Å². The first-order chi connectivity index (χ1) is 10.0. The molecule has 21 heavy (non-hydrogen) atoms. The molecule has 1 aromatic carbocycles. The molecule has 6 nitrogen and oxygen atoms in total. The second kappa shape index (κ2) is 6.88. The van der Waals surface area contributed by atoms with Crippen LogP contribution in [0.4, 0.5) is 0 Å². The van der Waals surface area contributed by atoms with Crippen LogP contribution in [-0.4, -0.2) is 32.7 Å². The maximum Gasteiger partial charge on any atom is 0.309 e. The van der Waals surface area contributed by atoms with Gasteiger partial charge in [0.15, 0.2) is 0 Å². The Hall–Kier alpha value is -2.37. The maximum atomic E-state index is 10.6. The van der Waals surface area contributed by atoms with E-state index in [-0.39, 0.29) is 6.42 Å². The molecule has 2 rings (SSSR count). The molecule has 0 aliphatic carbocycles. The normalized spacial score (nSPS) is 10.6. The van der Waals surface area contributed by atoms with Crippen LogP contribution in [0.3, 0.4) is 0 Å². The molecule has 0 saturated heterocycles. The summed E-state index contributed by atoms with van der Waals surface area (Å²) in [5.41, 5.74) is 2.76. The van der Waals surface area contributed by atoms with Crippen LogP contribution in [0.1, 0.15) is 23.2 Å². The summed E-state index contributed by atoms with van der Waals surface area (Å²) in [6.45, 7) is 5.28. The van der Waals surface area contributed by atoms with E-state index in [0.29, 0.717) is 18.8 Å². The van der Waals surface area contributed by atoms with Crippen LogP contribution in [-0.2, 0) is 17.8 Å². The minimum absolute atomic E-state index is 0.0982. The summed E-state index contributed by atoms with van der Waals surface area (Å²) in [7, 11) is 0. The SMILES string of the molecule is Cc1ccc(C)c(OCCCn2cc(CC(=O)O)nn2)c1. The number of aromatic nitrogens is 3. The average Bonchev–Trinajstić information content (AvgIpc) is 2.85. The van der Waals surface area contributed by atoms with E-state index in [1.54, 1.807) is 10.9 Å². The largest absolute Gasteiger partial charge is 0.493 e. The van der Waals surface area contributed by atoms with Gasteiger partial charge in [-0.3, -0.25) is 9.48 Å². The number of hydrogen-bond acceptors (Lipinski definition) is 4. The Bertz CT molecular complexity index is 622. The van der Waals surface area contributed by atoms with Gasteiger partial charge in [-0.05, 0) is 31.0 Å². The first-order valence-corrected chi connectivity index (χ1v) is 6.85. The summed E-state index contributed by atoms with van der Waals surface area (Å²) >= 11 is 0. The molecule has 6 heteroatoms. The molecule has 0 fully saturated rings. The lowest BCUT2D eigenvalue weighted by atomic mass is 10.1. The number of aliphatic carboxylic acids is 1. The maximum absolute atomic E-state index is 10.6. The standard InChI is InChI=1S/C15H19N3O3/c1-11-4-5-12(2)14(8-11)21-7-3-6-18-10-13(16-17-18)9-15(19)20/h4-5,8,10H,3,6-7,9H2,1-2H3,(H,19,20). The molecule has 0 aliphatic rings. The van der Waals surface area contributed by atoms with Crippen LogP contribution in [0.5, 0.6) is 5.75 Å². The van der Waals surface area contributed by atoms with Crippen molar-refractivity contribution in [2.75, 3.05) is 6.61 Å². The van der Waals surface area contributed by atoms with Gasteiger partial charge in [-0.15, -0.1) is 5.10 Å². The number of carbonyl (C=O) groups is 1. The van der Waals surface area contributed by atoms with Gasteiger partial charge in [0.25, 0.3) is 0 Å². The van der Waals surface area contributed by atoms with Gasteiger partial charge in [0, 0.05) is 19.2 Å². The third-order valence-electron chi connectivity index (χ3n) is 3.05. The summed E-state index contributed by atoms with van der Waals surface area (Å²) < 4.78 is 7.40. The molecule has 1 heterocycles. The van der Waals surface area contributed by atoms with Crippen molar-refractivity contribution in [1.82, 2.24) is 15.0 Å². The molecule has 0 saturated carbocycles. The lowest BCUT2D eigenvalue weighted by Crippen LogP contribution is -2.06. The fraction of sp³-hybridized carbons (Fsp3) is 0.400. The Morgan fingerprint density at radius 2 is 2.19 bits per heavy atom. The zero-order chi connectivity index (χ0) is 15.2. The fourth-order valence-corrected chi connectivity index (χ4v) is 1.96. The second-order valence-corrected chi connectivity index (χ2v) is 5.01. The Morgan fingerprint density at radius 3 is 2.95 bits per heavy atom. The molecule has 0 atom stereocenters. The van der Waals surface area contributed by atoms with Crippen LogP contribution in [0, 0.1) is 13.8 Å². The van der Waals surface area contributed by atoms with E-state index in [9.17, 15) is 4.79 Å². The molecular weight excluding hydrogens is 270 g/mol. The lowest BCUT2D eigenvalue weighted by molar-refractivity contribution is -0.136. The van der Waals surface area contributed by atoms with Crippen molar-refractivity contribution in [2.24, 2.45) is 0 Å². The monoisotopic (exact) mass is 289 g/mol. The molecule has 112 valence electrons. The molecule has 1 N–H and O–H groups in total.